The molecular weight excluding hydrogens is 332 g/mol. The summed E-state index contributed by atoms with van der Waals surface area (Å²) in [6, 6.07) is 15.4. The molecule has 25 heavy (non-hydrogen) atoms. The van der Waals surface area contributed by atoms with Gasteiger partial charge in [-0.1, -0.05) is 54.6 Å². The third-order valence-corrected chi connectivity index (χ3v) is 5.09. The summed E-state index contributed by atoms with van der Waals surface area (Å²) in [6.07, 6.45) is 3.58. The number of hydrogen-bond donors (Lipinski definition) is 1. The lowest BCUT2D eigenvalue weighted by Crippen LogP contribution is -2.31. The first kappa shape index (κ1) is 17.6. The molecule has 0 bridgehead atoms. The van der Waals surface area contributed by atoms with Crippen molar-refractivity contribution in [2.24, 2.45) is 5.73 Å². The Morgan fingerprint density at radius 2 is 1.72 bits per heavy atom. The monoisotopic (exact) mass is 354 g/mol. The minimum Gasteiger partial charge on any atom is -0.371 e. The van der Waals surface area contributed by atoms with Crippen molar-refractivity contribution in [1.82, 2.24) is 0 Å². The van der Waals surface area contributed by atoms with E-state index in [0.717, 1.165) is 42.7 Å². The third kappa shape index (κ3) is 3.72. The van der Waals surface area contributed by atoms with Crippen LogP contribution in [0, 0.1) is 0 Å². The summed E-state index contributed by atoms with van der Waals surface area (Å²) in [5.74, 6) is -1.01. The summed E-state index contributed by atoms with van der Waals surface area (Å²) in [4.78, 5) is 14.6. The Morgan fingerprint density at radius 3 is 2.36 bits per heavy atom. The molecule has 4 heteroatoms. The van der Waals surface area contributed by atoms with Crippen LogP contribution in [0.4, 0.5) is 5.69 Å². The topological polar surface area (TPSA) is 46.3 Å². The fraction of sp³-hybridized carbons (Fsp3) is 0.286. The normalized spacial score (nSPS) is 15.6. The van der Waals surface area contributed by atoms with Gasteiger partial charge in [-0.15, -0.1) is 0 Å². The van der Waals surface area contributed by atoms with Gasteiger partial charge < -0.3 is 10.6 Å². The molecule has 0 spiro atoms. The predicted molar refractivity (Wildman–Crippen MR) is 105 cm³/mol. The molecule has 0 aromatic heterocycles. The first-order chi connectivity index (χ1) is 12.1. The highest BCUT2D eigenvalue weighted by molar-refractivity contribution is 6.33. The Morgan fingerprint density at radius 1 is 1.04 bits per heavy atom. The van der Waals surface area contributed by atoms with Gasteiger partial charge in [0.05, 0.1) is 10.9 Å². The molecule has 2 aromatic carbocycles. The van der Waals surface area contributed by atoms with Crippen LogP contribution >= 0.6 is 11.6 Å². The van der Waals surface area contributed by atoms with E-state index in [1.807, 2.05) is 42.5 Å². The van der Waals surface area contributed by atoms with E-state index in [1.54, 1.807) is 0 Å². The third-order valence-electron chi connectivity index (χ3n) is 4.78. The van der Waals surface area contributed by atoms with Gasteiger partial charge in [0, 0.05) is 24.3 Å². The zero-order valence-corrected chi connectivity index (χ0v) is 15.0. The minimum atomic E-state index is -0.593. The van der Waals surface area contributed by atoms with Gasteiger partial charge in [0.2, 0.25) is 5.91 Å². The van der Waals surface area contributed by atoms with E-state index in [1.165, 1.54) is 6.42 Å². The maximum atomic E-state index is 12.2. The van der Waals surface area contributed by atoms with Crippen LogP contribution in [0.15, 0.2) is 55.1 Å². The molecule has 3 rings (SSSR count). The van der Waals surface area contributed by atoms with Gasteiger partial charge in [-0.25, -0.2) is 0 Å². The second kappa shape index (κ2) is 7.75. The SMILES string of the molecule is C=C(c1c(Cl)cccc1N1CCCCC1)C(C(N)=O)c1ccccc1. The van der Waals surface area contributed by atoms with Gasteiger partial charge >= 0.3 is 0 Å². The highest BCUT2D eigenvalue weighted by Crippen LogP contribution is 2.40. The molecule has 2 N–H and O–H groups in total. The molecule has 0 saturated carbocycles. The number of benzene rings is 2. The molecule has 1 saturated heterocycles. The molecule has 2 aromatic rings. The van der Waals surface area contributed by atoms with E-state index in [0.29, 0.717) is 10.6 Å². The van der Waals surface area contributed by atoms with Gasteiger partial charge in [-0.2, -0.15) is 0 Å². The molecular formula is C21H23ClN2O. The summed E-state index contributed by atoms with van der Waals surface area (Å²) in [5, 5.41) is 0.607. The number of rotatable bonds is 5. The van der Waals surface area contributed by atoms with E-state index in [2.05, 4.69) is 17.5 Å². The highest BCUT2D eigenvalue weighted by atomic mass is 35.5. The second-order valence-corrected chi connectivity index (χ2v) is 6.86. The second-order valence-electron chi connectivity index (χ2n) is 6.45. The van der Waals surface area contributed by atoms with Crippen molar-refractivity contribution in [1.29, 1.82) is 0 Å². The number of piperidine rings is 1. The molecule has 1 aliphatic heterocycles. The first-order valence-corrected chi connectivity index (χ1v) is 9.04. The van der Waals surface area contributed by atoms with Crippen LogP contribution in [-0.4, -0.2) is 19.0 Å². The molecule has 1 atom stereocenters. The van der Waals surface area contributed by atoms with Crippen LogP contribution in [0.2, 0.25) is 5.02 Å². The molecule has 0 radical (unpaired) electrons. The average molecular weight is 355 g/mol. The summed E-state index contributed by atoms with van der Waals surface area (Å²) in [6.45, 7) is 6.21. The van der Waals surface area contributed by atoms with Gasteiger partial charge in [0.15, 0.2) is 0 Å². The molecule has 1 amide bonds. The molecule has 1 aliphatic rings. The number of carbonyl (C=O) groups excluding carboxylic acids is 1. The van der Waals surface area contributed by atoms with Crippen LogP contribution in [0.3, 0.4) is 0 Å². The maximum absolute atomic E-state index is 12.2. The number of amides is 1. The van der Waals surface area contributed by atoms with Crippen molar-refractivity contribution in [2.75, 3.05) is 18.0 Å². The minimum absolute atomic E-state index is 0.416. The van der Waals surface area contributed by atoms with Gasteiger partial charge in [0.25, 0.3) is 0 Å². The Labute approximate surface area is 154 Å². The molecule has 1 fully saturated rings. The highest BCUT2D eigenvalue weighted by Gasteiger charge is 2.27. The van der Waals surface area contributed by atoms with Gasteiger partial charge in [0.1, 0.15) is 0 Å². The summed E-state index contributed by atoms with van der Waals surface area (Å²) in [7, 11) is 0. The Balaban J connectivity index is 2.04. The first-order valence-electron chi connectivity index (χ1n) is 8.66. The molecule has 1 unspecified atom stereocenters. The van der Waals surface area contributed by atoms with E-state index >= 15 is 0 Å². The zero-order chi connectivity index (χ0) is 17.8. The molecule has 0 aliphatic carbocycles. The number of nitrogens with two attached hydrogens (primary N) is 1. The quantitative estimate of drug-likeness (QED) is 0.852. The Bertz CT molecular complexity index is 767. The van der Waals surface area contributed by atoms with Crippen LogP contribution in [-0.2, 0) is 4.79 Å². The number of anilines is 1. The molecule has 130 valence electrons. The van der Waals surface area contributed by atoms with E-state index in [9.17, 15) is 4.79 Å². The van der Waals surface area contributed by atoms with Crippen molar-refractivity contribution in [2.45, 2.75) is 25.2 Å². The molecule has 1 heterocycles. The van der Waals surface area contributed by atoms with Crippen LogP contribution in [0.25, 0.3) is 5.57 Å². The van der Waals surface area contributed by atoms with Crippen LogP contribution in [0.5, 0.6) is 0 Å². The summed E-state index contributed by atoms with van der Waals surface area (Å²) < 4.78 is 0. The van der Waals surface area contributed by atoms with Crippen molar-refractivity contribution < 1.29 is 4.79 Å². The number of halogens is 1. The van der Waals surface area contributed by atoms with Gasteiger partial charge in [-0.05, 0) is 42.5 Å². The summed E-state index contributed by atoms with van der Waals surface area (Å²) >= 11 is 6.54. The standard InChI is InChI=1S/C21H23ClN2O/c1-15(19(21(23)25)16-9-4-2-5-10-16)20-17(22)11-8-12-18(20)24-13-6-3-7-14-24/h2,4-5,8-12,19H,1,3,6-7,13-14H2,(H2,23,25). The fourth-order valence-corrected chi connectivity index (χ4v) is 3.85. The number of carbonyl (C=O) groups is 1. The molecule has 3 nitrogen and oxygen atoms in total. The van der Waals surface area contributed by atoms with E-state index in [4.69, 9.17) is 17.3 Å². The van der Waals surface area contributed by atoms with E-state index in [-0.39, 0.29) is 0 Å². The van der Waals surface area contributed by atoms with E-state index < -0.39 is 11.8 Å². The average Bonchev–Trinajstić information content (AvgIpc) is 2.63. The Hall–Kier alpha value is -2.26. The lowest BCUT2D eigenvalue weighted by Gasteiger charge is -2.32. The van der Waals surface area contributed by atoms with Crippen molar-refractivity contribution in [3.63, 3.8) is 0 Å². The predicted octanol–water partition coefficient (Wildman–Crippen LogP) is 4.61. The fourth-order valence-electron chi connectivity index (χ4n) is 3.56. The maximum Gasteiger partial charge on any atom is 0.229 e. The lowest BCUT2D eigenvalue weighted by atomic mass is 9.86. The summed E-state index contributed by atoms with van der Waals surface area (Å²) in [5.41, 5.74) is 9.10. The number of primary amides is 1. The lowest BCUT2D eigenvalue weighted by molar-refractivity contribution is -0.118. The van der Waals surface area contributed by atoms with Crippen LogP contribution < -0.4 is 10.6 Å². The number of hydrogen-bond acceptors (Lipinski definition) is 2. The van der Waals surface area contributed by atoms with Gasteiger partial charge in [-0.3, -0.25) is 4.79 Å². The van der Waals surface area contributed by atoms with Crippen molar-refractivity contribution in [3.8, 4) is 0 Å². The Kier molecular flexibility index (Phi) is 5.44. The van der Waals surface area contributed by atoms with Crippen molar-refractivity contribution in [3.05, 3.63) is 71.3 Å². The largest absolute Gasteiger partial charge is 0.371 e. The van der Waals surface area contributed by atoms with Crippen molar-refractivity contribution >= 4 is 28.8 Å². The number of nitrogens with zero attached hydrogens (tertiary/aromatic N) is 1. The zero-order valence-electron chi connectivity index (χ0n) is 14.2. The smallest absolute Gasteiger partial charge is 0.229 e. The van der Waals surface area contributed by atoms with Crippen LogP contribution in [0.1, 0.15) is 36.3 Å².